The number of methoxy groups -OCH3 is 1. The molecule has 3 rings (SSSR count). The number of nitrogens with one attached hydrogen (secondary N) is 1. The largest absolute Gasteiger partial charge is 0.495 e. The zero-order valence-corrected chi connectivity index (χ0v) is 18.0. The third kappa shape index (κ3) is 5.46. The van der Waals surface area contributed by atoms with E-state index in [-0.39, 0.29) is 18.9 Å². The van der Waals surface area contributed by atoms with Crippen LogP contribution in [0.3, 0.4) is 0 Å². The minimum Gasteiger partial charge on any atom is -0.495 e. The number of hydrogen-bond donors (Lipinski definition) is 1. The van der Waals surface area contributed by atoms with Crippen molar-refractivity contribution in [2.24, 2.45) is 5.92 Å². The number of carbonyl (C=O) groups excluding carboxylic acids is 3. The van der Waals surface area contributed by atoms with E-state index in [1.165, 1.54) is 18.1 Å². The molecule has 2 aromatic rings. The number of halogens is 1. The Morgan fingerprint density at radius 2 is 1.97 bits per heavy atom. The molecule has 0 aliphatic carbocycles. The molecule has 0 radical (unpaired) electrons. The van der Waals surface area contributed by atoms with Gasteiger partial charge in [-0.15, -0.1) is 0 Å². The highest BCUT2D eigenvalue weighted by Gasteiger charge is 2.37. The Kier molecular flexibility index (Phi) is 7.36. The summed E-state index contributed by atoms with van der Waals surface area (Å²) in [6.07, 6.45) is 0.00300. The van der Waals surface area contributed by atoms with Gasteiger partial charge in [-0.3, -0.25) is 14.4 Å². The van der Waals surface area contributed by atoms with Crippen molar-refractivity contribution in [2.45, 2.75) is 13.3 Å². The smallest absolute Gasteiger partial charge is 0.311 e. The molecule has 1 atom stereocenters. The van der Waals surface area contributed by atoms with Crippen molar-refractivity contribution in [1.82, 2.24) is 0 Å². The molecule has 0 unspecified atom stereocenters. The minimum atomic E-state index is -0.671. The number of hydrogen-bond acceptors (Lipinski definition) is 6. The lowest BCUT2D eigenvalue weighted by molar-refractivity contribution is -0.151. The molecule has 0 saturated carbocycles. The fraction of sp³-hybridized carbons (Fsp3) is 0.318. The molecule has 9 heteroatoms. The highest BCUT2D eigenvalue weighted by Crippen LogP contribution is 2.33. The van der Waals surface area contributed by atoms with Crippen LogP contribution in [-0.4, -0.2) is 44.7 Å². The van der Waals surface area contributed by atoms with Gasteiger partial charge in [0, 0.05) is 18.0 Å². The van der Waals surface area contributed by atoms with Crippen LogP contribution >= 0.6 is 11.6 Å². The Morgan fingerprint density at radius 3 is 2.71 bits per heavy atom. The zero-order chi connectivity index (χ0) is 22.4. The molecule has 164 valence electrons. The van der Waals surface area contributed by atoms with Crippen LogP contribution < -0.4 is 19.7 Å². The number of para-hydroxylation sites is 2. The highest BCUT2D eigenvalue weighted by atomic mass is 35.5. The predicted molar refractivity (Wildman–Crippen MR) is 116 cm³/mol. The monoisotopic (exact) mass is 446 g/mol. The van der Waals surface area contributed by atoms with E-state index in [0.717, 1.165) is 0 Å². The van der Waals surface area contributed by atoms with Gasteiger partial charge in [-0.05, 0) is 37.3 Å². The normalized spacial score (nSPS) is 15.5. The van der Waals surface area contributed by atoms with E-state index >= 15 is 0 Å². The third-order valence-corrected chi connectivity index (χ3v) is 4.93. The van der Waals surface area contributed by atoms with E-state index in [0.29, 0.717) is 34.5 Å². The number of anilines is 2. The van der Waals surface area contributed by atoms with Gasteiger partial charge in [0.05, 0.1) is 31.0 Å². The Morgan fingerprint density at radius 1 is 1.19 bits per heavy atom. The number of nitrogens with zero attached hydrogens (tertiary/aromatic N) is 1. The molecule has 8 nitrogen and oxygen atoms in total. The molecule has 2 aromatic carbocycles. The zero-order valence-electron chi connectivity index (χ0n) is 17.2. The van der Waals surface area contributed by atoms with Gasteiger partial charge in [0.1, 0.15) is 11.5 Å². The van der Waals surface area contributed by atoms with Crippen LogP contribution in [0.1, 0.15) is 13.3 Å². The summed E-state index contributed by atoms with van der Waals surface area (Å²) < 4.78 is 15.9. The van der Waals surface area contributed by atoms with Crippen molar-refractivity contribution in [3.63, 3.8) is 0 Å². The van der Waals surface area contributed by atoms with Crippen LogP contribution in [0.15, 0.2) is 42.5 Å². The molecule has 0 spiro atoms. The second-order valence-electron chi connectivity index (χ2n) is 6.81. The molecule has 1 saturated heterocycles. The van der Waals surface area contributed by atoms with E-state index < -0.39 is 24.4 Å². The summed E-state index contributed by atoms with van der Waals surface area (Å²) >= 11 is 5.94. The summed E-state index contributed by atoms with van der Waals surface area (Å²) in [7, 11) is 1.46. The lowest BCUT2D eigenvalue weighted by atomic mass is 10.1. The number of benzene rings is 2. The van der Waals surface area contributed by atoms with Crippen molar-refractivity contribution >= 4 is 40.8 Å². The Balaban J connectivity index is 1.58. The SMILES string of the molecule is CCOc1ccccc1N1C[C@H](C(=O)OCC(=O)Nc2cc(Cl)ccc2OC)CC1=O. The lowest BCUT2D eigenvalue weighted by Gasteiger charge is -2.20. The molecular weight excluding hydrogens is 424 g/mol. The summed E-state index contributed by atoms with van der Waals surface area (Å²) in [6, 6.07) is 11.9. The number of esters is 1. The van der Waals surface area contributed by atoms with Gasteiger partial charge >= 0.3 is 5.97 Å². The van der Waals surface area contributed by atoms with Gasteiger partial charge in [0.25, 0.3) is 5.91 Å². The molecule has 2 amide bonds. The van der Waals surface area contributed by atoms with Gasteiger partial charge in [0.15, 0.2) is 6.61 Å². The van der Waals surface area contributed by atoms with E-state index in [1.807, 2.05) is 13.0 Å². The molecule has 1 aliphatic rings. The van der Waals surface area contributed by atoms with Crippen LogP contribution in [0.2, 0.25) is 5.02 Å². The van der Waals surface area contributed by atoms with Crippen LogP contribution in [0, 0.1) is 5.92 Å². The topological polar surface area (TPSA) is 94.2 Å². The Labute approximate surface area is 185 Å². The van der Waals surface area contributed by atoms with Gasteiger partial charge in [0.2, 0.25) is 5.91 Å². The van der Waals surface area contributed by atoms with E-state index in [9.17, 15) is 14.4 Å². The van der Waals surface area contributed by atoms with E-state index in [1.54, 1.807) is 30.3 Å². The average molecular weight is 447 g/mol. The summed E-state index contributed by atoms with van der Waals surface area (Å²) in [4.78, 5) is 38.6. The fourth-order valence-electron chi connectivity index (χ4n) is 3.27. The van der Waals surface area contributed by atoms with E-state index in [2.05, 4.69) is 5.32 Å². The second-order valence-corrected chi connectivity index (χ2v) is 7.24. The maximum absolute atomic E-state index is 12.5. The number of ether oxygens (including phenoxy) is 3. The maximum Gasteiger partial charge on any atom is 0.311 e. The number of amides is 2. The predicted octanol–water partition coefficient (Wildman–Crippen LogP) is 3.28. The first kappa shape index (κ1) is 22.4. The molecule has 0 aromatic heterocycles. The van der Waals surface area contributed by atoms with Gasteiger partial charge in [-0.25, -0.2) is 0 Å². The Hall–Kier alpha value is -3.26. The molecular formula is C22H23ClN2O6. The molecule has 1 heterocycles. The molecule has 1 N–H and O–H groups in total. The van der Waals surface area contributed by atoms with Crippen molar-refractivity contribution in [1.29, 1.82) is 0 Å². The average Bonchev–Trinajstić information content (AvgIpc) is 3.14. The Bertz CT molecular complexity index is 980. The van der Waals surface area contributed by atoms with Crippen LogP contribution in [0.4, 0.5) is 11.4 Å². The first-order chi connectivity index (χ1) is 14.9. The quantitative estimate of drug-likeness (QED) is 0.625. The third-order valence-electron chi connectivity index (χ3n) is 4.70. The van der Waals surface area contributed by atoms with Crippen LogP contribution in [0.5, 0.6) is 11.5 Å². The second kappa shape index (κ2) is 10.2. The number of rotatable bonds is 8. The van der Waals surface area contributed by atoms with Crippen molar-refractivity contribution in [2.75, 3.05) is 37.1 Å². The first-order valence-corrected chi connectivity index (χ1v) is 10.1. The number of carbonyl (C=O) groups is 3. The summed E-state index contributed by atoms with van der Waals surface area (Å²) in [5.41, 5.74) is 0.973. The minimum absolute atomic E-state index is 0.00300. The van der Waals surface area contributed by atoms with Gasteiger partial charge < -0.3 is 24.4 Å². The van der Waals surface area contributed by atoms with Gasteiger partial charge in [-0.2, -0.15) is 0 Å². The van der Waals surface area contributed by atoms with Crippen LogP contribution in [-0.2, 0) is 19.1 Å². The van der Waals surface area contributed by atoms with Crippen molar-refractivity contribution in [3.8, 4) is 11.5 Å². The lowest BCUT2D eigenvalue weighted by Crippen LogP contribution is -2.28. The maximum atomic E-state index is 12.5. The van der Waals surface area contributed by atoms with Crippen molar-refractivity contribution < 1.29 is 28.6 Å². The first-order valence-electron chi connectivity index (χ1n) is 9.75. The van der Waals surface area contributed by atoms with Crippen molar-refractivity contribution in [3.05, 3.63) is 47.5 Å². The van der Waals surface area contributed by atoms with Gasteiger partial charge in [-0.1, -0.05) is 23.7 Å². The standard InChI is InChI=1S/C22H23ClN2O6/c1-3-30-19-7-5-4-6-17(19)25-12-14(10-21(25)27)22(28)31-13-20(26)24-16-11-15(23)8-9-18(16)29-2/h4-9,11,14H,3,10,12-13H2,1-2H3,(H,24,26)/t14-/m1/s1. The fourth-order valence-corrected chi connectivity index (χ4v) is 3.45. The molecule has 1 aliphatic heterocycles. The van der Waals surface area contributed by atoms with Crippen LogP contribution in [0.25, 0.3) is 0 Å². The molecule has 1 fully saturated rings. The highest BCUT2D eigenvalue weighted by molar-refractivity contribution is 6.31. The molecule has 0 bridgehead atoms. The summed E-state index contributed by atoms with van der Waals surface area (Å²) in [5, 5.41) is 3.01. The summed E-state index contributed by atoms with van der Waals surface area (Å²) in [6.45, 7) is 1.98. The summed E-state index contributed by atoms with van der Waals surface area (Å²) in [5.74, 6) is -1.04. The van der Waals surface area contributed by atoms with E-state index in [4.69, 9.17) is 25.8 Å². The molecule has 31 heavy (non-hydrogen) atoms.